The van der Waals surface area contributed by atoms with Crippen molar-refractivity contribution >= 4 is 80.6 Å². The fourth-order valence-corrected chi connectivity index (χ4v) is 20.4. The lowest BCUT2D eigenvalue weighted by molar-refractivity contribution is -0.150. The van der Waals surface area contributed by atoms with Gasteiger partial charge in [0.05, 0.1) is 140 Å². The second-order valence-electron chi connectivity index (χ2n) is 37.6. The number of hydrogen-bond donors (Lipinski definition) is 13. The summed E-state index contributed by atoms with van der Waals surface area (Å²) >= 11 is 0. The van der Waals surface area contributed by atoms with E-state index in [0.717, 1.165) is 103 Å². The second kappa shape index (κ2) is 54.5. The molecule has 4 aromatic carbocycles. The average molecular weight is 1930 g/mol. The van der Waals surface area contributed by atoms with Crippen LogP contribution in [-0.2, 0) is 131 Å². The molecule has 5 aliphatic carbocycles. The number of imide groups is 1. The first-order chi connectivity index (χ1) is 65.8. The van der Waals surface area contributed by atoms with Gasteiger partial charge in [-0.1, -0.05) is 122 Å². The summed E-state index contributed by atoms with van der Waals surface area (Å²) in [6.07, 6.45) is 11.8. The first-order valence-electron chi connectivity index (χ1n) is 48.8. The van der Waals surface area contributed by atoms with Gasteiger partial charge < -0.3 is 101 Å². The van der Waals surface area contributed by atoms with Gasteiger partial charge in [-0.3, -0.25) is 63.7 Å². The van der Waals surface area contributed by atoms with Crippen molar-refractivity contribution in [2.24, 2.45) is 34.4 Å². The number of phenols is 1. The fourth-order valence-electron chi connectivity index (χ4n) is 20.1. The molecule has 1 aliphatic heterocycles. The number of hydrogen-bond acceptors (Lipinski definition) is 25. The third-order valence-electron chi connectivity index (χ3n) is 27.5. The largest absolute Gasteiger partial charge is 0.508 e. The van der Waals surface area contributed by atoms with Crippen molar-refractivity contribution in [3.05, 3.63) is 135 Å². The van der Waals surface area contributed by atoms with Gasteiger partial charge in [-0.2, -0.15) is 8.42 Å². The van der Waals surface area contributed by atoms with Gasteiger partial charge in [-0.25, -0.2) is 0 Å². The Kier molecular flexibility index (Phi) is 43.4. The Balaban J connectivity index is 0.653. The molecule has 10 atom stereocenters. The number of nitrogens with two attached hydrogens (primary N) is 1. The zero-order valence-corrected chi connectivity index (χ0v) is 81.7. The number of carbonyl (C=O) groups excluding carboxylic acids is 10. The molecule has 4 aromatic rings. The molecule has 1 heterocycles. The molecular formula is C101H146N12O23S. The van der Waals surface area contributed by atoms with Crippen molar-refractivity contribution in [2.75, 3.05) is 154 Å². The number of anilines is 2. The molecule has 10 rings (SSSR count). The smallest absolute Gasteiger partial charge is 0.266 e. The number of allylic oxidation sites excluding steroid dienone is 1. The number of benzene rings is 4. The van der Waals surface area contributed by atoms with Crippen LogP contribution in [-0.4, -0.2) is 246 Å². The standard InChI is InChI=1S/C101H146N12O23S/c1-69(2)91(95(122)107-70(3)93(120)108-76-32-28-72-30-34-84-98(4,78(72)65-76)40-17-42-100(84,6)96(123)111-97(124)101(7)43-18-41-99(5)79-66-77(114)33-29-73(79)31-35-85(99)101)110-94(121)81(109-88(117)39-49-129-53-57-133-61-63-135-59-55-131-51-46-105-86(115)36-37-90(119)113-67-75-21-12-11-19-71(75)26-27-74-20-13-14-24-82(74)113)23-15-16-44-104-89(118)68-136-83-25-10-8-9-22-80(92(83)112-102)103-45-50-130-54-58-134-62-60-132-56-52-128-48-38-87(116)106-47-64-137(125,126)127/h11-14,19-21,24,28-29,32-33,65-66,69-70,81,83-85,91,103,112,114H,8-10,15-18,22-23,25,30-31,34-64,67-68,102H2,1-7H3,(H,104,118)(H,105,115)(H,106,116)(H,107,122)(H,108,120)(H,109,117)(H,110,121)(H,111,123,124)(H,125,126,127)/b92-80-/t70-,81+,83?,84?,85+,91-,98+,99+,100-,101-/m0/s1. The van der Waals surface area contributed by atoms with Gasteiger partial charge in [-0.05, 0) is 196 Å². The maximum Gasteiger partial charge on any atom is 0.266 e. The molecule has 754 valence electrons. The average Bonchev–Trinajstić information content (AvgIpc) is 0.717. The van der Waals surface area contributed by atoms with Crippen molar-refractivity contribution < 1.29 is 109 Å². The Hall–Kier alpha value is -10.0. The predicted molar refractivity (Wildman–Crippen MR) is 514 cm³/mol. The molecule has 2 unspecified atom stereocenters. The number of hydrazine groups is 1. The van der Waals surface area contributed by atoms with E-state index in [1.165, 1.54) is 5.56 Å². The summed E-state index contributed by atoms with van der Waals surface area (Å²) in [5, 5.41) is 36.7. The van der Waals surface area contributed by atoms with Crippen LogP contribution < -0.4 is 64.0 Å². The Labute approximate surface area is 806 Å². The molecule has 36 heteroatoms. The fraction of sp³-hybridized carbons (Fsp3) is 0.624. The summed E-state index contributed by atoms with van der Waals surface area (Å²) in [7, 11) is -4.16. The number of para-hydroxylation sites is 1. The topological polar surface area (TPSA) is 478 Å². The first kappa shape index (κ1) is 109. The maximum absolute atomic E-state index is 15.0. The minimum Gasteiger partial charge on any atom is -0.508 e. The van der Waals surface area contributed by atoms with Gasteiger partial charge >= 0.3 is 0 Å². The van der Waals surface area contributed by atoms with Crippen LogP contribution in [0.25, 0.3) is 0 Å². The lowest BCUT2D eigenvalue weighted by Crippen LogP contribution is -2.60. The summed E-state index contributed by atoms with van der Waals surface area (Å²) in [6, 6.07) is 23.2. The number of rotatable bonds is 56. The predicted octanol–water partition coefficient (Wildman–Crippen LogP) is 7.48. The summed E-state index contributed by atoms with van der Waals surface area (Å²) in [5.41, 5.74) is 9.94. The quantitative estimate of drug-likeness (QED) is 0.00508. The minimum absolute atomic E-state index is 0.00773. The highest BCUT2D eigenvalue weighted by molar-refractivity contribution is 7.85. The SMILES string of the molecule is CC(C)[C@H](NC(=O)[C@@H](CCCCNC(=O)COC1CCCCC/C(NCCOCCOCCOCCOCCC(=O)NCCS(=O)(=O)O)=C\1NN)NC(=O)CCOCCOCCOCCOCCNC(=O)CCC(=O)N1Cc2ccccc2C#Cc2ccccc21)C(=O)N[C@@H](C)C(=O)Nc1ccc2c(c1)[C@@]1(C)CCC[C@](C)(C(=O)NC(=O)[C@@]3(C)CCC[C@]4(C)c5cc(O)ccc5CC[C@@H]34)C1CC2. The number of aryl methyl sites for hydroxylation is 2. The summed E-state index contributed by atoms with van der Waals surface area (Å²) in [5.74, 6) is 7.53. The number of nitrogens with zero attached hydrogens (tertiary/aromatic N) is 1. The number of fused-ring (bicyclic) bond motifs is 8. The van der Waals surface area contributed by atoms with E-state index in [2.05, 4.69) is 79.0 Å². The van der Waals surface area contributed by atoms with Crippen LogP contribution >= 0.6 is 0 Å². The van der Waals surface area contributed by atoms with E-state index in [1.807, 2.05) is 92.7 Å². The molecule has 14 N–H and O–H groups in total. The van der Waals surface area contributed by atoms with Crippen molar-refractivity contribution in [1.29, 1.82) is 0 Å². The zero-order chi connectivity index (χ0) is 98.4. The maximum atomic E-state index is 15.0. The van der Waals surface area contributed by atoms with E-state index in [-0.39, 0.29) is 184 Å². The van der Waals surface area contributed by atoms with Crippen LogP contribution in [0.5, 0.6) is 5.75 Å². The molecule has 0 aromatic heterocycles. The van der Waals surface area contributed by atoms with E-state index in [4.69, 9.17) is 53.0 Å². The van der Waals surface area contributed by atoms with Crippen molar-refractivity contribution in [3.63, 3.8) is 0 Å². The number of aromatic hydroxyl groups is 1. The summed E-state index contributed by atoms with van der Waals surface area (Å²) in [4.78, 5) is 140. The van der Waals surface area contributed by atoms with Gasteiger partial charge in [0.2, 0.25) is 59.1 Å². The third-order valence-corrected chi connectivity index (χ3v) is 28.2. The van der Waals surface area contributed by atoms with Gasteiger partial charge in [-0.15, -0.1) is 0 Å². The van der Waals surface area contributed by atoms with Crippen LogP contribution in [0, 0.1) is 40.4 Å². The van der Waals surface area contributed by atoms with Crippen LogP contribution in [0.2, 0.25) is 0 Å². The number of nitrogens with one attached hydrogen (secondary N) is 10. The van der Waals surface area contributed by atoms with E-state index in [9.17, 15) is 61.5 Å². The lowest BCUT2D eigenvalue weighted by atomic mass is 9.49. The van der Waals surface area contributed by atoms with Gasteiger partial charge in [0.15, 0.2) is 0 Å². The molecule has 137 heavy (non-hydrogen) atoms. The number of phenolic OH excluding ortho intramolecular Hbond substituents is 1. The highest BCUT2D eigenvalue weighted by Gasteiger charge is 2.59. The molecule has 0 spiro atoms. The highest BCUT2D eigenvalue weighted by Crippen LogP contribution is 2.60. The summed E-state index contributed by atoms with van der Waals surface area (Å²) < 4.78 is 81.6. The van der Waals surface area contributed by atoms with Crippen LogP contribution in [0.4, 0.5) is 11.4 Å². The molecular weight excluding hydrogens is 1780 g/mol. The van der Waals surface area contributed by atoms with E-state index in [1.54, 1.807) is 31.7 Å². The van der Waals surface area contributed by atoms with Crippen LogP contribution in [0.15, 0.2) is 96.3 Å². The van der Waals surface area contributed by atoms with Gasteiger partial charge in [0.25, 0.3) is 10.1 Å². The Morgan fingerprint density at radius 2 is 1.05 bits per heavy atom. The van der Waals surface area contributed by atoms with E-state index >= 15 is 0 Å². The number of unbranched alkanes of at least 4 members (excludes halogenated alkanes) is 1. The molecule has 0 saturated heterocycles. The van der Waals surface area contributed by atoms with E-state index < -0.39 is 91.8 Å². The zero-order valence-electron chi connectivity index (χ0n) is 80.8. The first-order valence-corrected chi connectivity index (χ1v) is 50.4. The number of ether oxygens (including phenoxy) is 9. The van der Waals surface area contributed by atoms with Gasteiger partial charge in [0, 0.05) is 74.4 Å². The summed E-state index contributed by atoms with van der Waals surface area (Å²) in [6.45, 7) is 18.3. The second-order valence-corrected chi connectivity index (χ2v) is 39.2. The van der Waals surface area contributed by atoms with Crippen molar-refractivity contribution in [3.8, 4) is 17.6 Å². The highest BCUT2D eigenvalue weighted by atomic mass is 32.2. The molecule has 0 radical (unpaired) electrons. The number of amides is 10. The van der Waals surface area contributed by atoms with Crippen LogP contribution in [0.1, 0.15) is 216 Å². The molecule has 2 saturated carbocycles. The minimum atomic E-state index is -4.16. The molecule has 6 aliphatic rings. The Bertz CT molecular complexity index is 4930. The van der Waals surface area contributed by atoms with E-state index in [0.29, 0.717) is 108 Å². The Morgan fingerprint density at radius 3 is 1.66 bits per heavy atom. The molecule has 0 bridgehead atoms. The molecule has 2 fully saturated rings. The van der Waals surface area contributed by atoms with Gasteiger partial charge in [0.1, 0.15) is 36.6 Å². The molecule has 35 nitrogen and oxygen atoms in total. The molecule has 10 amide bonds. The van der Waals surface area contributed by atoms with Crippen molar-refractivity contribution in [1.82, 2.24) is 48.0 Å². The van der Waals surface area contributed by atoms with Crippen molar-refractivity contribution in [2.45, 2.75) is 231 Å². The number of carbonyl (C=O) groups is 10. The third kappa shape index (κ3) is 32.5. The Morgan fingerprint density at radius 1 is 0.511 bits per heavy atom. The normalized spacial score (nSPS) is 21.7. The van der Waals surface area contributed by atoms with Crippen LogP contribution in [0.3, 0.4) is 0 Å². The lowest BCUT2D eigenvalue weighted by Gasteiger charge is -2.56. The monoisotopic (exact) mass is 1930 g/mol.